The Balaban J connectivity index is 2.00. The fourth-order valence-corrected chi connectivity index (χ4v) is 2.75. The zero-order valence-corrected chi connectivity index (χ0v) is 12.1. The van der Waals surface area contributed by atoms with Crippen LogP contribution in [0.1, 0.15) is 31.5 Å². The van der Waals surface area contributed by atoms with Gasteiger partial charge in [0.05, 0.1) is 11.6 Å². The molecule has 0 atom stereocenters. The van der Waals surface area contributed by atoms with Gasteiger partial charge in [-0.2, -0.15) is 13.2 Å². The largest absolute Gasteiger partial charge is 0.451 e. The van der Waals surface area contributed by atoms with E-state index in [9.17, 15) is 22.7 Å². The lowest BCUT2D eigenvalue weighted by atomic mass is 9.93. The summed E-state index contributed by atoms with van der Waals surface area (Å²) in [5.74, 6) is -1.85. The molecule has 0 unspecified atom stereocenters. The third kappa shape index (κ3) is 3.52. The Morgan fingerprint density at radius 3 is 2.43 bits per heavy atom. The van der Waals surface area contributed by atoms with E-state index >= 15 is 0 Å². The zero-order chi connectivity index (χ0) is 16.6. The summed E-state index contributed by atoms with van der Waals surface area (Å²) in [7, 11) is 0. The first-order valence-corrected chi connectivity index (χ1v) is 7.32. The lowest BCUT2D eigenvalue weighted by Gasteiger charge is -2.27. The highest BCUT2D eigenvalue weighted by atomic mass is 19.4. The average Bonchev–Trinajstić information content (AvgIpc) is 2.49. The normalized spacial score (nSPS) is 22.3. The predicted molar refractivity (Wildman–Crippen MR) is 76.4 cm³/mol. The van der Waals surface area contributed by atoms with Crippen LogP contribution in [-0.4, -0.2) is 27.2 Å². The molecule has 1 aromatic carbocycles. The Hall–Kier alpha value is -1.96. The molecular weight excluding hydrogens is 314 g/mol. The van der Waals surface area contributed by atoms with Gasteiger partial charge in [0.25, 0.3) is 0 Å². The van der Waals surface area contributed by atoms with Crippen LogP contribution in [0.2, 0.25) is 0 Å². The van der Waals surface area contributed by atoms with Gasteiger partial charge < -0.3 is 10.4 Å². The Morgan fingerprint density at radius 2 is 1.78 bits per heavy atom. The van der Waals surface area contributed by atoms with Gasteiger partial charge in [-0.25, -0.2) is 14.4 Å². The van der Waals surface area contributed by atoms with Crippen LogP contribution in [0.3, 0.4) is 0 Å². The number of benzene rings is 1. The summed E-state index contributed by atoms with van der Waals surface area (Å²) in [5.41, 5.74) is 0.0343. The van der Waals surface area contributed by atoms with Crippen LogP contribution in [0.5, 0.6) is 0 Å². The van der Waals surface area contributed by atoms with Crippen molar-refractivity contribution < 1.29 is 22.7 Å². The maximum Gasteiger partial charge on any atom is 0.451 e. The van der Waals surface area contributed by atoms with E-state index in [-0.39, 0.29) is 28.9 Å². The van der Waals surface area contributed by atoms with E-state index in [1.807, 2.05) is 0 Å². The number of rotatable bonds is 2. The molecule has 1 aliphatic rings. The summed E-state index contributed by atoms with van der Waals surface area (Å²) in [6.45, 7) is 0. The minimum Gasteiger partial charge on any atom is -0.393 e. The highest BCUT2D eigenvalue weighted by Crippen LogP contribution is 2.32. The minimum atomic E-state index is -4.68. The Kier molecular flexibility index (Phi) is 4.09. The molecule has 1 aliphatic carbocycles. The topological polar surface area (TPSA) is 58.0 Å². The second kappa shape index (κ2) is 5.92. The number of nitrogens with one attached hydrogen (secondary N) is 1. The number of anilines is 1. The number of halogens is 4. The minimum absolute atomic E-state index is 0.0248. The van der Waals surface area contributed by atoms with Crippen LogP contribution in [-0.2, 0) is 6.18 Å². The Labute approximate surface area is 129 Å². The third-order valence-corrected chi connectivity index (χ3v) is 3.95. The van der Waals surface area contributed by atoms with Gasteiger partial charge in [-0.05, 0) is 43.9 Å². The number of fused-ring (bicyclic) bond motifs is 1. The number of alkyl halides is 3. The fraction of sp³-hybridized carbons (Fsp3) is 0.467. The molecule has 0 amide bonds. The molecule has 1 saturated carbocycles. The molecule has 0 aliphatic heterocycles. The van der Waals surface area contributed by atoms with Gasteiger partial charge in [-0.15, -0.1) is 0 Å². The van der Waals surface area contributed by atoms with Crippen molar-refractivity contribution in [2.24, 2.45) is 0 Å². The molecule has 0 radical (unpaired) electrons. The lowest BCUT2D eigenvalue weighted by molar-refractivity contribution is -0.144. The average molecular weight is 329 g/mol. The summed E-state index contributed by atoms with van der Waals surface area (Å²) in [6, 6.07) is 3.28. The first-order chi connectivity index (χ1) is 10.8. The zero-order valence-electron chi connectivity index (χ0n) is 12.1. The van der Waals surface area contributed by atoms with Crippen molar-refractivity contribution in [1.82, 2.24) is 9.97 Å². The molecule has 1 fully saturated rings. The molecule has 124 valence electrons. The van der Waals surface area contributed by atoms with Crippen LogP contribution < -0.4 is 5.32 Å². The molecule has 2 aromatic rings. The van der Waals surface area contributed by atoms with E-state index in [0.29, 0.717) is 25.7 Å². The van der Waals surface area contributed by atoms with Crippen molar-refractivity contribution in [2.75, 3.05) is 5.32 Å². The number of nitrogens with zero attached hydrogens (tertiary/aromatic N) is 2. The molecule has 3 rings (SSSR count). The van der Waals surface area contributed by atoms with Crippen LogP contribution >= 0.6 is 0 Å². The van der Waals surface area contributed by atoms with Gasteiger partial charge in [-0.1, -0.05) is 0 Å². The lowest BCUT2D eigenvalue weighted by Crippen LogP contribution is -2.29. The summed E-state index contributed by atoms with van der Waals surface area (Å²) < 4.78 is 52.3. The molecule has 23 heavy (non-hydrogen) atoms. The standard InChI is InChI=1S/C15H15F4N3O/c16-8-1-6-12-11(7-8)13(22-14(21-12)15(17,18)19)20-9-2-4-10(23)5-3-9/h1,6-7,9-10,23H,2-5H2,(H,20,21,22). The van der Waals surface area contributed by atoms with Crippen molar-refractivity contribution >= 4 is 16.7 Å². The number of aromatic nitrogens is 2. The number of hydrogen-bond donors (Lipinski definition) is 2. The van der Waals surface area contributed by atoms with Gasteiger partial charge in [0.15, 0.2) is 0 Å². The molecule has 8 heteroatoms. The summed E-state index contributed by atoms with van der Waals surface area (Å²) in [6.07, 6.45) is -2.69. The Bertz CT molecular complexity index is 712. The van der Waals surface area contributed by atoms with Crippen LogP contribution in [0.25, 0.3) is 10.9 Å². The SMILES string of the molecule is OC1CCC(Nc2nc(C(F)(F)F)nc3ccc(F)cc23)CC1. The predicted octanol–water partition coefficient (Wildman–Crippen LogP) is 3.50. The van der Waals surface area contributed by atoms with Gasteiger partial charge >= 0.3 is 6.18 Å². The monoisotopic (exact) mass is 329 g/mol. The van der Waals surface area contributed by atoms with Crippen molar-refractivity contribution in [3.63, 3.8) is 0 Å². The van der Waals surface area contributed by atoms with Crippen LogP contribution in [0.4, 0.5) is 23.4 Å². The van der Waals surface area contributed by atoms with E-state index in [2.05, 4.69) is 15.3 Å². The molecule has 0 bridgehead atoms. The van der Waals surface area contributed by atoms with Crippen molar-refractivity contribution in [2.45, 2.75) is 44.0 Å². The van der Waals surface area contributed by atoms with Gasteiger partial charge in [0.2, 0.25) is 5.82 Å². The molecule has 0 saturated heterocycles. The number of aliphatic hydroxyl groups is 1. The first kappa shape index (κ1) is 15.9. The summed E-state index contributed by atoms with van der Waals surface area (Å²) in [5, 5.41) is 12.7. The Morgan fingerprint density at radius 1 is 1.09 bits per heavy atom. The van der Waals surface area contributed by atoms with Crippen LogP contribution in [0.15, 0.2) is 18.2 Å². The van der Waals surface area contributed by atoms with Crippen molar-refractivity contribution in [3.8, 4) is 0 Å². The number of aliphatic hydroxyl groups excluding tert-OH is 1. The van der Waals surface area contributed by atoms with E-state index in [1.54, 1.807) is 0 Å². The van der Waals surface area contributed by atoms with Crippen LogP contribution in [0, 0.1) is 5.82 Å². The second-order valence-corrected chi connectivity index (χ2v) is 5.70. The molecule has 4 nitrogen and oxygen atoms in total. The molecule has 2 N–H and O–H groups in total. The fourth-order valence-electron chi connectivity index (χ4n) is 2.75. The molecule has 1 heterocycles. The quantitative estimate of drug-likeness (QED) is 0.828. The van der Waals surface area contributed by atoms with Gasteiger partial charge in [0.1, 0.15) is 11.6 Å². The van der Waals surface area contributed by atoms with E-state index < -0.39 is 17.8 Å². The maximum absolute atomic E-state index is 13.4. The van der Waals surface area contributed by atoms with Gasteiger partial charge in [-0.3, -0.25) is 0 Å². The summed E-state index contributed by atoms with van der Waals surface area (Å²) in [4.78, 5) is 7.02. The molecule has 1 aromatic heterocycles. The molecular formula is C15H15F4N3O. The van der Waals surface area contributed by atoms with Gasteiger partial charge in [0, 0.05) is 11.4 Å². The van der Waals surface area contributed by atoms with Crippen molar-refractivity contribution in [1.29, 1.82) is 0 Å². The maximum atomic E-state index is 13.4. The van der Waals surface area contributed by atoms with E-state index in [1.165, 1.54) is 6.07 Å². The van der Waals surface area contributed by atoms with E-state index in [0.717, 1.165) is 12.1 Å². The summed E-state index contributed by atoms with van der Waals surface area (Å²) >= 11 is 0. The van der Waals surface area contributed by atoms with E-state index in [4.69, 9.17) is 0 Å². The number of hydrogen-bond acceptors (Lipinski definition) is 4. The third-order valence-electron chi connectivity index (χ3n) is 3.95. The highest BCUT2D eigenvalue weighted by Gasteiger charge is 2.36. The smallest absolute Gasteiger partial charge is 0.393 e. The highest BCUT2D eigenvalue weighted by molar-refractivity contribution is 5.89. The van der Waals surface area contributed by atoms with Crippen molar-refractivity contribution in [3.05, 3.63) is 29.8 Å². The first-order valence-electron chi connectivity index (χ1n) is 7.32. The second-order valence-electron chi connectivity index (χ2n) is 5.70. The molecule has 0 spiro atoms.